The highest BCUT2D eigenvalue weighted by molar-refractivity contribution is 7.89. The van der Waals surface area contributed by atoms with E-state index in [1.807, 2.05) is 6.07 Å². The number of benzene rings is 1. The van der Waals surface area contributed by atoms with Gasteiger partial charge in [0, 0.05) is 45.1 Å². The second kappa shape index (κ2) is 8.66. The molecule has 0 aliphatic carbocycles. The Morgan fingerprint density at radius 2 is 1.79 bits per heavy atom. The zero-order chi connectivity index (χ0) is 20.1. The minimum absolute atomic E-state index is 0.000403. The summed E-state index contributed by atoms with van der Waals surface area (Å²) in [4.78, 5) is 14.2. The quantitative estimate of drug-likeness (QED) is 0.694. The molecule has 1 aromatic carbocycles. The molecule has 0 bridgehead atoms. The van der Waals surface area contributed by atoms with Gasteiger partial charge in [-0.3, -0.25) is 4.79 Å². The van der Waals surface area contributed by atoms with E-state index in [0.29, 0.717) is 37.4 Å². The van der Waals surface area contributed by atoms with Crippen LogP contribution in [-0.4, -0.2) is 63.9 Å². The zero-order valence-electron chi connectivity index (χ0n) is 16.0. The number of amides is 1. The molecule has 2 heterocycles. The fraction of sp³-hybridized carbons (Fsp3) is 0.421. The van der Waals surface area contributed by atoms with E-state index in [1.165, 1.54) is 30.7 Å². The molecule has 0 atom stereocenters. The summed E-state index contributed by atoms with van der Waals surface area (Å²) in [5.41, 5.74) is 0. The van der Waals surface area contributed by atoms with Crippen molar-refractivity contribution in [1.29, 1.82) is 0 Å². The minimum Gasteiger partial charge on any atom is -0.493 e. The monoisotopic (exact) mass is 408 g/mol. The third-order valence-electron chi connectivity index (χ3n) is 4.75. The van der Waals surface area contributed by atoms with Gasteiger partial charge in [-0.15, -0.1) is 0 Å². The van der Waals surface area contributed by atoms with Gasteiger partial charge in [-0.2, -0.15) is 4.31 Å². The molecule has 1 saturated heterocycles. The first-order chi connectivity index (χ1) is 13.5. The Labute approximate surface area is 164 Å². The molecule has 1 amide bonds. The maximum Gasteiger partial charge on any atom is 0.243 e. The van der Waals surface area contributed by atoms with Gasteiger partial charge >= 0.3 is 0 Å². The van der Waals surface area contributed by atoms with Crippen LogP contribution in [0.25, 0.3) is 0 Å². The maximum atomic E-state index is 12.9. The van der Waals surface area contributed by atoms with Crippen molar-refractivity contribution in [3.63, 3.8) is 0 Å². The molecule has 0 unspecified atom stereocenters. The second-order valence-electron chi connectivity index (χ2n) is 6.38. The molecular formula is C19H24N2O6S. The van der Waals surface area contributed by atoms with Crippen molar-refractivity contribution in [1.82, 2.24) is 9.21 Å². The summed E-state index contributed by atoms with van der Waals surface area (Å²) < 4.78 is 42.8. The summed E-state index contributed by atoms with van der Waals surface area (Å²) in [6.07, 6.45) is 2.46. The molecule has 1 aliphatic rings. The van der Waals surface area contributed by atoms with Crippen LogP contribution in [0.5, 0.6) is 11.5 Å². The van der Waals surface area contributed by atoms with Crippen molar-refractivity contribution in [2.75, 3.05) is 40.4 Å². The highest BCUT2D eigenvalue weighted by atomic mass is 32.2. The molecule has 0 radical (unpaired) electrons. The lowest BCUT2D eigenvalue weighted by molar-refractivity contribution is -0.132. The number of sulfonamides is 1. The highest BCUT2D eigenvalue weighted by Crippen LogP contribution is 2.30. The van der Waals surface area contributed by atoms with Gasteiger partial charge in [-0.05, 0) is 24.3 Å². The molecule has 9 heteroatoms. The van der Waals surface area contributed by atoms with Crippen LogP contribution in [0.15, 0.2) is 45.9 Å². The molecule has 1 aliphatic heterocycles. The van der Waals surface area contributed by atoms with E-state index in [1.54, 1.807) is 23.3 Å². The average molecular weight is 408 g/mol. The Hall–Kier alpha value is -2.52. The molecule has 0 spiro atoms. The molecule has 8 nitrogen and oxygen atoms in total. The average Bonchev–Trinajstić information content (AvgIpc) is 3.25. The van der Waals surface area contributed by atoms with Crippen LogP contribution >= 0.6 is 0 Å². The van der Waals surface area contributed by atoms with E-state index in [-0.39, 0.29) is 23.9 Å². The van der Waals surface area contributed by atoms with Gasteiger partial charge in [0.05, 0.1) is 25.4 Å². The Morgan fingerprint density at radius 1 is 1.07 bits per heavy atom. The molecule has 0 saturated carbocycles. The normalized spacial score (nSPS) is 15.4. The lowest BCUT2D eigenvalue weighted by atomic mass is 10.2. The molecule has 28 heavy (non-hydrogen) atoms. The number of rotatable bonds is 7. The molecule has 1 fully saturated rings. The maximum absolute atomic E-state index is 12.9. The van der Waals surface area contributed by atoms with E-state index < -0.39 is 10.0 Å². The SMILES string of the molecule is COc1ccc(S(=O)(=O)N2CCN(C(=O)CCc3ccco3)CC2)cc1OC. The Morgan fingerprint density at radius 3 is 2.39 bits per heavy atom. The van der Waals surface area contributed by atoms with Crippen LogP contribution in [0.2, 0.25) is 0 Å². The van der Waals surface area contributed by atoms with E-state index in [2.05, 4.69) is 0 Å². The van der Waals surface area contributed by atoms with E-state index >= 15 is 0 Å². The summed E-state index contributed by atoms with van der Waals surface area (Å²) in [5.74, 6) is 1.59. The van der Waals surface area contributed by atoms with E-state index in [9.17, 15) is 13.2 Å². The van der Waals surface area contributed by atoms with Crippen molar-refractivity contribution in [2.45, 2.75) is 17.7 Å². The van der Waals surface area contributed by atoms with Crippen LogP contribution < -0.4 is 9.47 Å². The van der Waals surface area contributed by atoms with Crippen molar-refractivity contribution in [3.05, 3.63) is 42.4 Å². The van der Waals surface area contributed by atoms with Gasteiger partial charge in [-0.25, -0.2) is 8.42 Å². The number of hydrogen-bond acceptors (Lipinski definition) is 6. The summed E-state index contributed by atoms with van der Waals surface area (Å²) in [5, 5.41) is 0. The van der Waals surface area contributed by atoms with Crippen molar-refractivity contribution in [3.8, 4) is 11.5 Å². The standard InChI is InChI=1S/C19H24N2O6S/c1-25-17-7-6-16(14-18(17)26-2)28(23,24)21-11-9-20(10-12-21)19(22)8-5-15-4-3-13-27-15/h3-4,6-7,13-14H,5,8-12H2,1-2H3. The largest absolute Gasteiger partial charge is 0.493 e. The van der Waals surface area contributed by atoms with Gasteiger partial charge < -0.3 is 18.8 Å². The molecule has 1 aromatic heterocycles. The Balaban J connectivity index is 1.61. The zero-order valence-corrected chi connectivity index (χ0v) is 16.8. The summed E-state index contributed by atoms with van der Waals surface area (Å²) >= 11 is 0. The summed E-state index contributed by atoms with van der Waals surface area (Å²) in [6.45, 7) is 1.24. The number of aryl methyl sites for hydroxylation is 1. The molecule has 152 valence electrons. The first-order valence-corrected chi connectivity index (χ1v) is 10.4. The number of nitrogens with zero attached hydrogens (tertiary/aromatic N) is 2. The number of piperazine rings is 1. The van der Waals surface area contributed by atoms with Gasteiger partial charge in [0.2, 0.25) is 15.9 Å². The van der Waals surface area contributed by atoms with Crippen molar-refractivity contribution < 1.29 is 27.1 Å². The van der Waals surface area contributed by atoms with Gasteiger partial charge in [-0.1, -0.05) is 0 Å². The predicted molar refractivity (Wildman–Crippen MR) is 102 cm³/mol. The van der Waals surface area contributed by atoms with Gasteiger partial charge in [0.15, 0.2) is 11.5 Å². The number of ether oxygens (including phenoxy) is 2. The van der Waals surface area contributed by atoms with Crippen LogP contribution in [0.1, 0.15) is 12.2 Å². The molecular weight excluding hydrogens is 384 g/mol. The second-order valence-corrected chi connectivity index (χ2v) is 8.32. The van der Waals surface area contributed by atoms with Crippen LogP contribution in [0, 0.1) is 0 Å². The van der Waals surface area contributed by atoms with E-state index in [0.717, 1.165) is 5.76 Å². The van der Waals surface area contributed by atoms with Crippen LogP contribution in [-0.2, 0) is 21.2 Å². The lowest BCUT2D eigenvalue weighted by Crippen LogP contribution is -2.50. The number of hydrogen-bond donors (Lipinski definition) is 0. The van der Waals surface area contributed by atoms with E-state index in [4.69, 9.17) is 13.9 Å². The van der Waals surface area contributed by atoms with Crippen molar-refractivity contribution in [2.24, 2.45) is 0 Å². The first kappa shape index (κ1) is 20.2. The van der Waals surface area contributed by atoms with Gasteiger partial charge in [0.25, 0.3) is 0 Å². The smallest absolute Gasteiger partial charge is 0.243 e. The van der Waals surface area contributed by atoms with Crippen LogP contribution in [0.4, 0.5) is 0 Å². The number of methoxy groups -OCH3 is 2. The third kappa shape index (κ3) is 4.31. The molecule has 0 N–H and O–H groups in total. The van der Waals surface area contributed by atoms with Gasteiger partial charge in [0.1, 0.15) is 5.76 Å². The highest BCUT2D eigenvalue weighted by Gasteiger charge is 2.30. The Bertz CT molecular complexity index is 903. The minimum atomic E-state index is -3.67. The fourth-order valence-corrected chi connectivity index (χ4v) is 4.59. The lowest BCUT2D eigenvalue weighted by Gasteiger charge is -2.34. The number of carbonyl (C=O) groups is 1. The Kier molecular flexibility index (Phi) is 6.25. The molecule has 3 rings (SSSR count). The summed E-state index contributed by atoms with van der Waals surface area (Å²) in [6, 6.07) is 8.14. The predicted octanol–water partition coefficient (Wildman–Crippen LogP) is 1.76. The fourth-order valence-electron chi connectivity index (χ4n) is 3.15. The van der Waals surface area contributed by atoms with Crippen molar-refractivity contribution >= 4 is 15.9 Å². The number of furan rings is 1. The molecule has 2 aromatic rings. The first-order valence-electron chi connectivity index (χ1n) is 8.98. The summed E-state index contributed by atoms with van der Waals surface area (Å²) in [7, 11) is -0.718. The topological polar surface area (TPSA) is 89.3 Å². The number of carbonyl (C=O) groups excluding carboxylic acids is 1. The third-order valence-corrected chi connectivity index (χ3v) is 6.64. The van der Waals surface area contributed by atoms with Crippen LogP contribution in [0.3, 0.4) is 0 Å².